The number of halogens is 1. The Labute approximate surface area is 191 Å². The van der Waals surface area contributed by atoms with Gasteiger partial charge in [-0.15, -0.1) is 0 Å². The normalized spacial score (nSPS) is 25.3. The van der Waals surface area contributed by atoms with Gasteiger partial charge in [0.15, 0.2) is 0 Å². The summed E-state index contributed by atoms with van der Waals surface area (Å²) in [6, 6.07) is 6.77. The van der Waals surface area contributed by atoms with Crippen LogP contribution in [-0.2, 0) is 15.2 Å². The Morgan fingerprint density at radius 1 is 1.13 bits per heavy atom. The molecule has 1 saturated carbocycles. The van der Waals surface area contributed by atoms with Crippen LogP contribution in [-0.4, -0.2) is 41.0 Å². The molecule has 5 nitrogen and oxygen atoms in total. The molecule has 0 unspecified atom stereocenters. The van der Waals surface area contributed by atoms with E-state index in [-0.39, 0.29) is 23.7 Å². The smallest absolute Gasteiger partial charge is 0.245 e. The Hall–Kier alpha value is -1.59. The van der Waals surface area contributed by atoms with Gasteiger partial charge in [-0.1, -0.05) is 70.7 Å². The maximum absolute atomic E-state index is 13.5. The van der Waals surface area contributed by atoms with Gasteiger partial charge in [-0.2, -0.15) is 0 Å². The largest absolute Gasteiger partial charge is 0.384 e. The first kappa shape index (κ1) is 24.1. The summed E-state index contributed by atoms with van der Waals surface area (Å²) in [5.74, 6) is -0.0121. The Balaban J connectivity index is 1.72. The van der Waals surface area contributed by atoms with E-state index in [4.69, 9.17) is 11.6 Å². The van der Waals surface area contributed by atoms with E-state index in [1.807, 2.05) is 44.7 Å². The number of carbonyl (C=O) groups is 2. The maximum Gasteiger partial charge on any atom is 0.245 e. The Morgan fingerprint density at radius 3 is 2.29 bits per heavy atom. The lowest BCUT2D eigenvalue weighted by molar-refractivity contribution is -0.157. The van der Waals surface area contributed by atoms with Crippen molar-refractivity contribution in [2.45, 2.75) is 77.9 Å². The molecule has 0 bridgehead atoms. The number of aliphatic hydroxyl groups is 1. The fraction of sp³-hybridized carbons (Fsp3) is 0.680. The van der Waals surface area contributed by atoms with E-state index in [1.165, 1.54) is 6.42 Å². The van der Waals surface area contributed by atoms with E-state index in [0.717, 1.165) is 31.2 Å². The molecule has 1 aromatic rings. The van der Waals surface area contributed by atoms with E-state index in [0.29, 0.717) is 24.5 Å². The fourth-order valence-electron chi connectivity index (χ4n) is 5.12. The van der Waals surface area contributed by atoms with Crippen LogP contribution in [0.5, 0.6) is 0 Å². The highest BCUT2D eigenvalue weighted by Gasteiger charge is 2.50. The van der Waals surface area contributed by atoms with Crippen LogP contribution in [0.4, 0.5) is 0 Å². The molecule has 1 aliphatic heterocycles. The first-order valence-corrected chi connectivity index (χ1v) is 12.0. The Kier molecular flexibility index (Phi) is 7.37. The third-order valence-corrected chi connectivity index (χ3v) is 7.54. The fourth-order valence-corrected chi connectivity index (χ4v) is 5.24. The molecule has 1 heterocycles. The summed E-state index contributed by atoms with van der Waals surface area (Å²) in [6.45, 7) is 8.81. The minimum absolute atomic E-state index is 0.000211. The van der Waals surface area contributed by atoms with Crippen LogP contribution >= 0.6 is 11.6 Å². The van der Waals surface area contributed by atoms with Gasteiger partial charge in [-0.05, 0) is 42.9 Å². The van der Waals surface area contributed by atoms with Crippen molar-refractivity contribution in [1.82, 2.24) is 10.2 Å². The number of piperidine rings is 1. The highest BCUT2D eigenvalue weighted by molar-refractivity contribution is 6.30. The number of hydrogen-bond donors (Lipinski definition) is 2. The lowest BCUT2D eigenvalue weighted by Gasteiger charge is -2.51. The molecule has 1 saturated heterocycles. The van der Waals surface area contributed by atoms with E-state index in [2.05, 4.69) is 5.32 Å². The van der Waals surface area contributed by atoms with E-state index < -0.39 is 17.1 Å². The van der Waals surface area contributed by atoms with Crippen LogP contribution in [0.1, 0.15) is 71.8 Å². The van der Waals surface area contributed by atoms with Crippen LogP contribution in [0.15, 0.2) is 24.3 Å². The molecule has 2 fully saturated rings. The number of benzene rings is 1. The Bertz CT molecular complexity index is 786. The average molecular weight is 449 g/mol. The minimum Gasteiger partial charge on any atom is -0.384 e. The van der Waals surface area contributed by atoms with Gasteiger partial charge in [-0.3, -0.25) is 9.59 Å². The molecule has 31 heavy (non-hydrogen) atoms. The molecule has 3 rings (SSSR count). The number of rotatable bonds is 5. The van der Waals surface area contributed by atoms with Gasteiger partial charge >= 0.3 is 0 Å². The summed E-state index contributed by atoms with van der Waals surface area (Å²) in [5.41, 5.74) is -0.781. The van der Waals surface area contributed by atoms with Gasteiger partial charge < -0.3 is 15.3 Å². The van der Waals surface area contributed by atoms with Crippen LogP contribution < -0.4 is 5.32 Å². The van der Waals surface area contributed by atoms with Gasteiger partial charge in [-0.25, -0.2) is 0 Å². The van der Waals surface area contributed by atoms with Crippen LogP contribution in [0, 0.1) is 17.3 Å². The molecule has 2 atom stereocenters. The van der Waals surface area contributed by atoms with Gasteiger partial charge in [0, 0.05) is 29.4 Å². The lowest BCUT2D eigenvalue weighted by Crippen LogP contribution is -2.60. The van der Waals surface area contributed by atoms with Crippen molar-refractivity contribution in [1.29, 1.82) is 0 Å². The standard InChI is InChI=1S/C25H37ClN2O3/c1-17(2)21(27-22(29)18-8-6-5-7-9-18)23(30)28-15-14-25(31,24(3,4)16-28)19-10-12-20(26)13-11-19/h10-13,17-18,21,31H,5-9,14-16H2,1-4H3,(H,27,29)/t21-,25+/m1/s1. The summed E-state index contributed by atoms with van der Waals surface area (Å²) in [5, 5.41) is 15.3. The zero-order valence-electron chi connectivity index (χ0n) is 19.3. The van der Waals surface area contributed by atoms with E-state index in [1.54, 1.807) is 12.1 Å². The maximum atomic E-state index is 13.5. The molecule has 0 aromatic heterocycles. The average Bonchev–Trinajstić information content (AvgIpc) is 2.74. The SMILES string of the molecule is CC(C)[C@@H](NC(=O)C1CCCCC1)C(=O)N1CC[C@](O)(c2ccc(Cl)cc2)C(C)(C)C1. The van der Waals surface area contributed by atoms with Crippen molar-refractivity contribution in [3.05, 3.63) is 34.9 Å². The second-order valence-electron chi connectivity index (χ2n) is 10.3. The molecule has 0 spiro atoms. The monoisotopic (exact) mass is 448 g/mol. The van der Waals surface area contributed by atoms with E-state index >= 15 is 0 Å². The number of likely N-dealkylation sites (tertiary alicyclic amines) is 1. The van der Waals surface area contributed by atoms with Crippen molar-refractivity contribution in [2.75, 3.05) is 13.1 Å². The van der Waals surface area contributed by atoms with Crippen LogP contribution in [0.3, 0.4) is 0 Å². The lowest BCUT2D eigenvalue weighted by atomic mass is 9.66. The molecule has 2 N–H and O–H groups in total. The van der Waals surface area contributed by atoms with Crippen LogP contribution in [0.25, 0.3) is 0 Å². The molecule has 6 heteroatoms. The van der Waals surface area contributed by atoms with Crippen molar-refractivity contribution in [2.24, 2.45) is 17.3 Å². The number of nitrogens with one attached hydrogen (secondary N) is 1. The summed E-state index contributed by atoms with van der Waals surface area (Å²) in [4.78, 5) is 28.1. The van der Waals surface area contributed by atoms with Gasteiger partial charge in [0.05, 0.1) is 5.60 Å². The molecule has 1 aliphatic carbocycles. The summed E-state index contributed by atoms with van der Waals surface area (Å²) < 4.78 is 0. The second kappa shape index (κ2) is 9.50. The molecule has 2 aliphatic rings. The van der Waals surface area contributed by atoms with Crippen LogP contribution in [0.2, 0.25) is 5.02 Å². The quantitative estimate of drug-likeness (QED) is 0.696. The first-order chi connectivity index (χ1) is 14.5. The summed E-state index contributed by atoms with van der Waals surface area (Å²) in [7, 11) is 0. The zero-order valence-corrected chi connectivity index (χ0v) is 20.0. The first-order valence-electron chi connectivity index (χ1n) is 11.6. The summed E-state index contributed by atoms with van der Waals surface area (Å²) >= 11 is 6.02. The minimum atomic E-state index is -1.05. The summed E-state index contributed by atoms with van der Waals surface area (Å²) in [6.07, 6.45) is 5.62. The zero-order chi connectivity index (χ0) is 22.8. The number of carbonyl (C=O) groups excluding carboxylic acids is 2. The highest BCUT2D eigenvalue weighted by atomic mass is 35.5. The molecular formula is C25H37ClN2O3. The number of nitrogens with zero attached hydrogens (tertiary/aromatic N) is 1. The van der Waals surface area contributed by atoms with E-state index in [9.17, 15) is 14.7 Å². The van der Waals surface area contributed by atoms with Crippen molar-refractivity contribution in [3.63, 3.8) is 0 Å². The topological polar surface area (TPSA) is 69.6 Å². The number of hydrogen-bond acceptors (Lipinski definition) is 3. The van der Waals surface area contributed by atoms with Crippen molar-refractivity contribution in [3.8, 4) is 0 Å². The highest BCUT2D eigenvalue weighted by Crippen LogP contribution is 2.46. The van der Waals surface area contributed by atoms with Gasteiger partial charge in [0.25, 0.3) is 0 Å². The predicted molar refractivity (Wildman–Crippen MR) is 124 cm³/mol. The number of amides is 2. The van der Waals surface area contributed by atoms with Crippen molar-refractivity contribution >= 4 is 23.4 Å². The third-order valence-electron chi connectivity index (χ3n) is 7.29. The third kappa shape index (κ3) is 5.09. The molecule has 172 valence electrons. The van der Waals surface area contributed by atoms with Gasteiger partial charge in [0.2, 0.25) is 11.8 Å². The molecule has 1 aromatic carbocycles. The molecular weight excluding hydrogens is 412 g/mol. The van der Waals surface area contributed by atoms with Gasteiger partial charge in [0.1, 0.15) is 6.04 Å². The molecule has 2 amide bonds. The predicted octanol–water partition coefficient (Wildman–Crippen LogP) is 4.51. The Morgan fingerprint density at radius 2 is 1.74 bits per heavy atom. The second-order valence-corrected chi connectivity index (χ2v) is 10.8. The van der Waals surface area contributed by atoms with Crippen molar-refractivity contribution < 1.29 is 14.7 Å². The molecule has 0 radical (unpaired) electrons.